The SMILES string of the molecule is C/C(=C/c1ccccc1)c1cnc(N)o1. The Morgan fingerprint density at radius 2 is 2.07 bits per heavy atom. The van der Waals surface area contributed by atoms with Crippen molar-refractivity contribution in [2.24, 2.45) is 0 Å². The number of oxazole rings is 1. The number of nitrogens with two attached hydrogens (primary N) is 1. The van der Waals surface area contributed by atoms with Gasteiger partial charge < -0.3 is 10.2 Å². The molecule has 3 heteroatoms. The molecule has 2 rings (SSSR count). The molecule has 0 radical (unpaired) electrons. The first kappa shape index (κ1) is 9.52. The van der Waals surface area contributed by atoms with Crippen LogP contribution < -0.4 is 5.73 Å². The van der Waals surface area contributed by atoms with Crippen molar-refractivity contribution in [2.45, 2.75) is 6.92 Å². The van der Waals surface area contributed by atoms with E-state index < -0.39 is 0 Å². The summed E-state index contributed by atoms with van der Waals surface area (Å²) in [5.41, 5.74) is 7.54. The molecule has 1 heterocycles. The third-order valence-electron chi connectivity index (χ3n) is 2.09. The topological polar surface area (TPSA) is 52.0 Å². The van der Waals surface area contributed by atoms with Crippen LogP contribution >= 0.6 is 0 Å². The van der Waals surface area contributed by atoms with Gasteiger partial charge in [-0.05, 0) is 24.1 Å². The Morgan fingerprint density at radius 1 is 1.33 bits per heavy atom. The molecule has 0 aliphatic rings. The van der Waals surface area contributed by atoms with E-state index in [1.807, 2.05) is 43.3 Å². The molecular weight excluding hydrogens is 188 g/mol. The van der Waals surface area contributed by atoms with Crippen molar-refractivity contribution in [1.29, 1.82) is 0 Å². The Bertz CT molecular complexity index is 471. The lowest BCUT2D eigenvalue weighted by Gasteiger charge is -1.96. The van der Waals surface area contributed by atoms with Gasteiger partial charge in [0.1, 0.15) is 0 Å². The quantitative estimate of drug-likeness (QED) is 0.810. The molecular formula is C12H12N2O. The summed E-state index contributed by atoms with van der Waals surface area (Å²) in [5.74, 6) is 0.705. The van der Waals surface area contributed by atoms with Crippen LogP contribution in [0.5, 0.6) is 0 Å². The lowest BCUT2D eigenvalue weighted by Crippen LogP contribution is -1.80. The van der Waals surface area contributed by atoms with Crippen LogP contribution in [0.4, 0.5) is 6.01 Å². The van der Waals surface area contributed by atoms with Gasteiger partial charge in [-0.25, -0.2) is 4.98 Å². The molecule has 0 atom stereocenters. The summed E-state index contributed by atoms with van der Waals surface area (Å²) < 4.78 is 5.22. The van der Waals surface area contributed by atoms with Gasteiger partial charge in [0.05, 0.1) is 6.20 Å². The number of nitrogen functional groups attached to an aromatic ring is 1. The largest absolute Gasteiger partial charge is 0.424 e. The Balaban J connectivity index is 2.28. The third-order valence-corrected chi connectivity index (χ3v) is 2.09. The molecule has 0 aliphatic heterocycles. The highest BCUT2D eigenvalue weighted by molar-refractivity contribution is 5.77. The van der Waals surface area contributed by atoms with E-state index in [0.29, 0.717) is 5.76 Å². The summed E-state index contributed by atoms with van der Waals surface area (Å²) in [4.78, 5) is 3.85. The number of hydrogen-bond donors (Lipinski definition) is 1. The molecule has 0 aliphatic carbocycles. The molecule has 1 aromatic carbocycles. The van der Waals surface area contributed by atoms with E-state index in [0.717, 1.165) is 11.1 Å². The van der Waals surface area contributed by atoms with Gasteiger partial charge in [0.2, 0.25) is 0 Å². The molecule has 0 saturated carbocycles. The smallest absolute Gasteiger partial charge is 0.292 e. The van der Waals surface area contributed by atoms with Crippen LogP contribution in [0.1, 0.15) is 18.2 Å². The molecule has 3 nitrogen and oxygen atoms in total. The zero-order valence-electron chi connectivity index (χ0n) is 8.47. The van der Waals surface area contributed by atoms with E-state index >= 15 is 0 Å². The Morgan fingerprint density at radius 3 is 2.67 bits per heavy atom. The van der Waals surface area contributed by atoms with Gasteiger partial charge in [-0.2, -0.15) is 0 Å². The second-order valence-electron chi connectivity index (χ2n) is 3.30. The molecule has 2 aromatic rings. The summed E-state index contributed by atoms with van der Waals surface area (Å²) in [5, 5.41) is 0. The molecule has 0 amide bonds. The molecule has 0 unspecified atom stereocenters. The number of nitrogens with zero attached hydrogens (tertiary/aromatic N) is 1. The van der Waals surface area contributed by atoms with Gasteiger partial charge >= 0.3 is 0 Å². The highest BCUT2D eigenvalue weighted by Gasteiger charge is 2.02. The fraction of sp³-hybridized carbons (Fsp3) is 0.0833. The number of aromatic nitrogens is 1. The van der Waals surface area contributed by atoms with Gasteiger partial charge in [-0.1, -0.05) is 30.3 Å². The van der Waals surface area contributed by atoms with Crippen LogP contribution in [0.15, 0.2) is 40.9 Å². The Hall–Kier alpha value is -2.03. The number of allylic oxidation sites excluding steroid dienone is 1. The molecule has 0 bridgehead atoms. The average Bonchev–Trinajstić information content (AvgIpc) is 2.66. The van der Waals surface area contributed by atoms with Crippen LogP contribution in [0.3, 0.4) is 0 Å². The van der Waals surface area contributed by atoms with E-state index in [-0.39, 0.29) is 6.01 Å². The first-order valence-electron chi connectivity index (χ1n) is 4.71. The predicted molar refractivity (Wildman–Crippen MR) is 60.9 cm³/mol. The van der Waals surface area contributed by atoms with Crippen molar-refractivity contribution < 1.29 is 4.42 Å². The van der Waals surface area contributed by atoms with E-state index in [1.165, 1.54) is 0 Å². The van der Waals surface area contributed by atoms with Gasteiger partial charge in [0, 0.05) is 0 Å². The molecule has 0 fully saturated rings. The zero-order chi connectivity index (χ0) is 10.7. The van der Waals surface area contributed by atoms with Gasteiger partial charge in [0.15, 0.2) is 5.76 Å². The number of rotatable bonds is 2. The molecule has 76 valence electrons. The Labute approximate surface area is 88.2 Å². The standard InChI is InChI=1S/C12H12N2O/c1-9(11-8-14-12(13)15-11)7-10-5-3-2-4-6-10/h2-8H,1H3,(H2,13,14)/b9-7-. The molecule has 0 saturated heterocycles. The van der Waals surface area contributed by atoms with Crippen LogP contribution in [0, 0.1) is 0 Å². The number of hydrogen-bond acceptors (Lipinski definition) is 3. The van der Waals surface area contributed by atoms with Crippen molar-refractivity contribution in [1.82, 2.24) is 4.98 Å². The van der Waals surface area contributed by atoms with Gasteiger partial charge in [-0.3, -0.25) is 0 Å². The molecule has 0 spiro atoms. The van der Waals surface area contributed by atoms with Crippen LogP contribution in [-0.4, -0.2) is 4.98 Å². The van der Waals surface area contributed by atoms with Crippen LogP contribution in [-0.2, 0) is 0 Å². The lowest BCUT2D eigenvalue weighted by molar-refractivity contribution is 0.566. The summed E-state index contributed by atoms with van der Waals surface area (Å²) in [6.07, 6.45) is 3.66. The first-order chi connectivity index (χ1) is 7.25. The minimum absolute atomic E-state index is 0.200. The van der Waals surface area contributed by atoms with Crippen LogP contribution in [0.25, 0.3) is 11.6 Å². The summed E-state index contributed by atoms with van der Waals surface area (Å²) >= 11 is 0. The van der Waals surface area contributed by atoms with Crippen molar-refractivity contribution >= 4 is 17.7 Å². The highest BCUT2D eigenvalue weighted by atomic mass is 16.4. The fourth-order valence-electron chi connectivity index (χ4n) is 1.34. The summed E-state index contributed by atoms with van der Waals surface area (Å²) in [7, 11) is 0. The first-order valence-corrected chi connectivity index (χ1v) is 4.71. The second-order valence-corrected chi connectivity index (χ2v) is 3.30. The molecule has 1 aromatic heterocycles. The van der Waals surface area contributed by atoms with Gasteiger partial charge in [0.25, 0.3) is 6.01 Å². The van der Waals surface area contributed by atoms with Crippen molar-refractivity contribution in [2.75, 3.05) is 5.73 Å². The van der Waals surface area contributed by atoms with Gasteiger partial charge in [-0.15, -0.1) is 0 Å². The Kier molecular flexibility index (Phi) is 2.54. The lowest BCUT2D eigenvalue weighted by atomic mass is 10.1. The minimum Gasteiger partial charge on any atom is -0.424 e. The maximum absolute atomic E-state index is 5.40. The maximum atomic E-state index is 5.40. The number of benzene rings is 1. The van der Waals surface area contributed by atoms with E-state index in [9.17, 15) is 0 Å². The monoisotopic (exact) mass is 200 g/mol. The maximum Gasteiger partial charge on any atom is 0.292 e. The van der Waals surface area contributed by atoms with Crippen LogP contribution in [0.2, 0.25) is 0 Å². The number of anilines is 1. The third kappa shape index (κ3) is 2.26. The molecule has 15 heavy (non-hydrogen) atoms. The second kappa shape index (κ2) is 4.00. The minimum atomic E-state index is 0.200. The van der Waals surface area contributed by atoms with Crippen molar-refractivity contribution in [3.63, 3.8) is 0 Å². The molecule has 2 N–H and O–H groups in total. The predicted octanol–water partition coefficient (Wildman–Crippen LogP) is 2.82. The van der Waals surface area contributed by atoms with E-state index in [4.69, 9.17) is 10.2 Å². The van der Waals surface area contributed by atoms with Crippen molar-refractivity contribution in [3.05, 3.63) is 47.9 Å². The summed E-state index contributed by atoms with van der Waals surface area (Å²) in [6.45, 7) is 1.97. The highest BCUT2D eigenvalue weighted by Crippen LogP contribution is 2.18. The van der Waals surface area contributed by atoms with Crippen molar-refractivity contribution in [3.8, 4) is 0 Å². The zero-order valence-corrected chi connectivity index (χ0v) is 8.47. The normalized spacial score (nSPS) is 11.7. The average molecular weight is 200 g/mol. The van der Waals surface area contributed by atoms with E-state index in [2.05, 4.69) is 4.98 Å². The van der Waals surface area contributed by atoms with E-state index in [1.54, 1.807) is 6.20 Å². The summed E-state index contributed by atoms with van der Waals surface area (Å²) in [6, 6.07) is 10.2. The fourth-order valence-corrected chi connectivity index (χ4v) is 1.34.